The highest BCUT2D eigenvalue weighted by atomic mass is 35.5. The van der Waals surface area contributed by atoms with Crippen molar-refractivity contribution in [3.63, 3.8) is 0 Å². The Hall–Kier alpha value is -2.08. The number of amides is 2. The number of pyridine rings is 1. The van der Waals surface area contributed by atoms with Crippen LogP contribution in [0.15, 0.2) is 24.5 Å². The molecule has 1 aliphatic carbocycles. The van der Waals surface area contributed by atoms with Crippen LogP contribution in [0.2, 0.25) is 5.15 Å². The van der Waals surface area contributed by atoms with E-state index in [-0.39, 0.29) is 6.03 Å². The van der Waals surface area contributed by atoms with Crippen molar-refractivity contribution in [3.05, 3.63) is 35.2 Å². The zero-order valence-electron chi connectivity index (χ0n) is 11.6. The Labute approximate surface area is 127 Å². The summed E-state index contributed by atoms with van der Waals surface area (Å²) < 4.78 is 1.91. The predicted molar refractivity (Wildman–Crippen MR) is 81.7 cm³/mol. The van der Waals surface area contributed by atoms with E-state index in [9.17, 15) is 4.79 Å². The highest BCUT2D eigenvalue weighted by Crippen LogP contribution is 2.31. The van der Waals surface area contributed by atoms with E-state index < -0.39 is 0 Å². The molecule has 0 bridgehead atoms. The number of aromatic nitrogens is 3. The van der Waals surface area contributed by atoms with Gasteiger partial charge in [0, 0.05) is 24.1 Å². The van der Waals surface area contributed by atoms with Crippen LogP contribution in [-0.4, -0.2) is 20.8 Å². The molecule has 0 saturated heterocycles. The van der Waals surface area contributed by atoms with E-state index in [1.165, 1.54) is 6.42 Å². The van der Waals surface area contributed by atoms with Crippen molar-refractivity contribution in [1.82, 2.24) is 14.8 Å². The summed E-state index contributed by atoms with van der Waals surface area (Å²) in [7, 11) is 0. The summed E-state index contributed by atoms with van der Waals surface area (Å²) in [5.41, 5.74) is 1.47. The van der Waals surface area contributed by atoms with Crippen molar-refractivity contribution in [1.29, 1.82) is 0 Å². The number of nitrogens with one attached hydrogen (secondary N) is 2. The Morgan fingerprint density at radius 1 is 1.43 bits per heavy atom. The second-order valence-corrected chi connectivity index (χ2v) is 5.55. The predicted octanol–water partition coefficient (Wildman–Crippen LogP) is 3.61. The molecule has 0 unspecified atom stereocenters. The van der Waals surface area contributed by atoms with Crippen molar-refractivity contribution >= 4 is 29.1 Å². The molecule has 6 nitrogen and oxygen atoms in total. The lowest BCUT2D eigenvalue weighted by Crippen LogP contribution is -2.21. The van der Waals surface area contributed by atoms with Crippen molar-refractivity contribution in [3.8, 4) is 0 Å². The number of carbonyl (C=O) groups is 1. The van der Waals surface area contributed by atoms with Gasteiger partial charge >= 0.3 is 6.03 Å². The minimum Gasteiger partial charge on any atom is -0.307 e. The molecule has 7 heteroatoms. The maximum Gasteiger partial charge on any atom is 0.324 e. The molecule has 1 saturated carbocycles. The van der Waals surface area contributed by atoms with Crippen molar-refractivity contribution < 1.29 is 4.79 Å². The third kappa shape index (κ3) is 3.16. The number of halogens is 1. The fraction of sp³-hybridized carbons (Fsp3) is 0.357. The summed E-state index contributed by atoms with van der Waals surface area (Å²) in [4.78, 5) is 15.9. The zero-order chi connectivity index (χ0) is 14.8. The van der Waals surface area contributed by atoms with E-state index in [4.69, 9.17) is 11.6 Å². The van der Waals surface area contributed by atoms with Gasteiger partial charge in [-0.15, -0.1) is 0 Å². The zero-order valence-corrected chi connectivity index (χ0v) is 12.4. The van der Waals surface area contributed by atoms with Crippen LogP contribution in [0, 0.1) is 6.92 Å². The fourth-order valence-corrected chi connectivity index (χ4v) is 2.32. The van der Waals surface area contributed by atoms with Crippen LogP contribution in [0.3, 0.4) is 0 Å². The SMILES string of the molecule is Cc1cnc(Cl)cc1NC(=O)Nc1ccn(C2CCC2)n1. The summed E-state index contributed by atoms with van der Waals surface area (Å²) >= 11 is 5.82. The Morgan fingerprint density at radius 2 is 2.24 bits per heavy atom. The van der Waals surface area contributed by atoms with Crippen LogP contribution in [0.4, 0.5) is 16.3 Å². The fourth-order valence-electron chi connectivity index (χ4n) is 2.16. The van der Waals surface area contributed by atoms with Gasteiger partial charge in [0.1, 0.15) is 5.15 Å². The Morgan fingerprint density at radius 3 is 2.95 bits per heavy atom. The van der Waals surface area contributed by atoms with Gasteiger partial charge in [-0.25, -0.2) is 9.78 Å². The summed E-state index contributed by atoms with van der Waals surface area (Å²) in [5, 5.41) is 10.2. The highest BCUT2D eigenvalue weighted by Gasteiger charge is 2.20. The molecule has 2 N–H and O–H groups in total. The third-order valence-electron chi connectivity index (χ3n) is 3.62. The van der Waals surface area contributed by atoms with Crippen LogP contribution in [0.25, 0.3) is 0 Å². The maximum absolute atomic E-state index is 12.0. The standard InChI is InChI=1S/C14H16ClN5O/c1-9-8-16-12(15)7-11(9)17-14(21)18-13-5-6-20(19-13)10-3-2-4-10/h5-8,10H,2-4H2,1H3,(H2,16,17,18,19,21). The first kappa shape index (κ1) is 13.9. The van der Waals surface area contributed by atoms with Gasteiger partial charge in [0.15, 0.2) is 5.82 Å². The molecule has 3 rings (SSSR count). The smallest absolute Gasteiger partial charge is 0.307 e. The molecule has 0 spiro atoms. The quantitative estimate of drug-likeness (QED) is 0.851. The lowest BCUT2D eigenvalue weighted by molar-refractivity contribution is 0.262. The number of rotatable bonds is 3. The Kier molecular flexibility index (Phi) is 3.79. The van der Waals surface area contributed by atoms with Crippen LogP contribution < -0.4 is 10.6 Å². The number of carbonyl (C=O) groups excluding carboxylic acids is 1. The minimum absolute atomic E-state index is 0.338. The molecule has 0 aliphatic heterocycles. The van der Waals surface area contributed by atoms with E-state index >= 15 is 0 Å². The third-order valence-corrected chi connectivity index (χ3v) is 3.82. The molecular weight excluding hydrogens is 290 g/mol. The second-order valence-electron chi connectivity index (χ2n) is 5.17. The highest BCUT2D eigenvalue weighted by molar-refractivity contribution is 6.29. The largest absolute Gasteiger partial charge is 0.324 e. The van der Waals surface area contributed by atoms with E-state index in [1.54, 1.807) is 18.3 Å². The number of aryl methyl sites for hydroxylation is 1. The molecule has 2 heterocycles. The lowest BCUT2D eigenvalue weighted by atomic mass is 9.93. The average molecular weight is 306 g/mol. The summed E-state index contributed by atoms with van der Waals surface area (Å²) in [6.07, 6.45) is 7.07. The van der Waals surface area contributed by atoms with Crippen LogP contribution in [0.5, 0.6) is 0 Å². The molecule has 0 aromatic carbocycles. The first-order valence-electron chi connectivity index (χ1n) is 6.87. The topological polar surface area (TPSA) is 71.8 Å². The van der Waals surface area contributed by atoms with Gasteiger partial charge in [-0.2, -0.15) is 5.10 Å². The van der Waals surface area contributed by atoms with Gasteiger partial charge in [0.05, 0.1) is 6.04 Å². The van der Waals surface area contributed by atoms with Crippen LogP contribution in [-0.2, 0) is 0 Å². The molecule has 1 fully saturated rings. The van der Waals surface area contributed by atoms with Crippen LogP contribution in [0.1, 0.15) is 30.9 Å². The molecular formula is C14H16ClN5O. The first-order valence-corrected chi connectivity index (χ1v) is 7.25. The number of nitrogens with zero attached hydrogens (tertiary/aromatic N) is 3. The monoisotopic (exact) mass is 305 g/mol. The number of anilines is 2. The minimum atomic E-state index is -0.348. The molecule has 2 amide bonds. The van der Waals surface area contributed by atoms with Gasteiger partial charge in [-0.05, 0) is 37.8 Å². The van der Waals surface area contributed by atoms with Gasteiger partial charge in [0.25, 0.3) is 0 Å². The summed E-state index contributed by atoms with van der Waals surface area (Å²) in [6, 6.07) is 3.54. The molecule has 2 aromatic rings. The Bertz CT molecular complexity index is 665. The number of hydrogen-bond donors (Lipinski definition) is 2. The van der Waals surface area contributed by atoms with Crippen LogP contribution >= 0.6 is 11.6 Å². The van der Waals surface area contributed by atoms with Gasteiger partial charge in [-0.3, -0.25) is 10.00 Å². The number of hydrogen-bond acceptors (Lipinski definition) is 3. The van der Waals surface area contributed by atoms with E-state index in [0.29, 0.717) is 22.7 Å². The summed E-state index contributed by atoms with van der Waals surface area (Å²) in [6.45, 7) is 1.85. The molecule has 110 valence electrons. The molecule has 1 aliphatic rings. The molecule has 21 heavy (non-hydrogen) atoms. The van der Waals surface area contributed by atoms with E-state index in [1.807, 2.05) is 17.8 Å². The first-order chi connectivity index (χ1) is 10.1. The van der Waals surface area contributed by atoms with Crippen molar-refractivity contribution in [2.24, 2.45) is 0 Å². The van der Waals surface area contributed by atoms with E-state index in [2.05, 4.69) is 20.7 Å². The normalized spacial score (nSPS) is 14.6. The summed E-state index contributed by atoms with van der Waals surface area (Å²) in [5.74, 6) is 0.539. The second kappa shape index (κ2) is 5.73. The van der Waals surface area contributed by atoms with Gasteiger partial charge in [-0.1, -0.05) is 11.6 Å². The lowest BCUT2D eigenvalue weighted by Gasteiger charge is -2.25. The van der Waals surface area contributed by atoms with Gasteiger partial charge in [0.2, 0.25) is 0 Å². The maximum atomic E-state index is 12.0. The van der Waals surface area contributed by atoms with Gasteiger partial charge < -0.3 is 5.32 Å². The molecule has 2 aromatic heterocycles. The molecule has 0 radical (unpaired) electrons. The molecule has 0 atom stereocenters. The Balaban J connectivity index is 1.63. The number of urea groups is 1. The van der Waals surface area contributed by atoms with E-state index in [0.717, 1.165) is 18.4 Å². The van der Waals surface area contributed by atoms with Crippen molar-refractivity contribution in [2.75, 3.05) is 10.6 Å². The average Bonchev–Trinajstić information content (AvgIpc) is 2.79. The van der Waals surface area contributed by atoms with Crippen molar-refractivity contribution in [2.45, 2.75) is 32.2 Å².